The van der Waals surface area contributed by atoms with Gasteiger partial charge in [-0.25, -0.2) is 4.79 Å². The van der Waals surface area contributed by atoms with Gasteiger partial charge in [0, 0.05) is 17.3 Å². The Morgan fingerprint density at radius 1 is 0.938 bits per heavy atom. The number of nitrogens with zero attached hydrogens (tertiary/aromatic N) is 1. The lowest BCUT2D eigenvalue weighted by molar-refractivity contribution is -0.386. The zero-order chi connectivity index (χ0) is 23.1. The molecule has 164 valence electrons. The molecule has 3 aromatic rings. The summed E-state index contributed by atoms with van der Waals surface area (Å²) in [5.74, 6) is -0.253. The highest BCUT2D eigenvalue weighted by Gasteiger charge is 2.19. The number of carbonyl (C=O) groups is 2. The number of nitrogens with one attached hydrogen (secondary N) is 1. The standard InChI is InChI=1S/C23H20N2O7/c1-30-19-10-8-18(9-11-19)24-22(26)16-5-3-15(4-6-16)14-32-21-12-7-17(23(27)31-2)13-20(21)25(28)29/h3-13H,14H2,1-2H3,(H,24,26). The van der Waals surface area contributed by atoms with E-state index in [1.807, 2.05) is 0 Å². The average Bonchev–Trinajstić information content (AvgIpc) is 2.82. The third-order valence-corrected chi connectivity index (χ3v) is 4.54. The Balaban J connectivity index is 1.65. The van der Waals surface area contributed by atoms with Crippen LogP contribution >= 0.6 is 0 Å². The fraction of sp³-hybridized carbons (Fsp3) is 0.130. The molecule has 0 aliphatic heterocycles. The number of rotatable bonds is 8. The Bertz CT molecular complexity index is 1130. The molecule has 1 N–H and O–H groups in total. The van der Waals surface area contributed by atoms with Crippen LogP contribution in [0.2, 0.25) is 0 Å². The predicted molar refractivity (Wildman–Crippen MR) is 116 cm³/mol. The summed E-state index contributed by atoms with van der Waals surface area (Å²) in [4.78, 5) is 34.7. The van der Waals surface area contributed by atoms with Gasteiger partial charge in [0.2, 0.25) is 0 Å². The van der Waals surface area contributed by atoms with Gasteiger partial charge in [-0.1, -0.05) is 12.1 Å². The molecule has 0 radical (unpaired) electrons. The average molecular weight is 436 g/mol. The van der Waals surface area contributed by atoms with E-state index in [0.717, 1.165) is 6.07 Å². The van der Waals surface area contributed by atoms with Crippen molar-refractivity contribution >= 4 is 23.3 Å². The third kappa shape index (κ3) is 5.39. The Morgan fingerprint density at radius 3 is 2.19 bits per heavy atom. The highest BCUT2D eigenvalue weighted by Crippen LogP contribution is 2.29. The fourth-order valence-corrected chi connectivity index (χ4v) is 2.82. The van der Waals surface area contributed by atoms with Gasteiger partial charge < -0.3 is 19.5 Å². The van der Waals surface area contributed by atoms with Crippen LogP contribution in [0.5, 0.6) is 11.5 Å². The second kappa shape index (κ2) is 10.1. The number of hydrogen-bond acceptors (Lipinski definition) is 7. The molecule has 0 unspecified atom stereocenters. The number of methoxy groups -OCH3 is 2. The predicted octanol–water partition coefficient (Wildman–Crippen LogP) is 4.22. The summed E-state index contributed by atoms with van der Waals surface area (Å²) in [5.41, 5.74) is 1.49. The summed E-state index contributed by atoms with van der Waals surface area (Å²) in [6.07, 6.45) is 0. The maximum Gasteiger partial charge on any atom is 0.338 e. The van der Waals surface area contributed by atoms with E-state index in [1.165, 1.54) is 19.2 Å². The highest BCUT2D eigenvalue weighted by atomic mass is 16.6. The first-order valence-corrected chi connectivity index (χ1v) is 9.45. The Morgan fingerprint density at radius 2 is 1.59 bits per heavy atom. The molecule has 0 spiro atoms. The van der Waals surface area contributed by atoms with E-state index in [9.17, 15) is 19.7 Å². The summed E-state index contributed by atoms with van der Waals surface area (Å²) in [7, 11) is 2.76. The number of anilines is 1. The lowest BCUT2D eigenvalue weighted by atomic mass is 10.1. The van der Waals surface area contributed by atoms with Gasteiger partial charge in [0.25, 0.3) is 5.91 Å². The summed E-state index contributed by atoms with van der Waals surface area (Å²) in [6, 6.07) is 17.4. The topological polar surface area (TPSA) is 117 Å². The molecule has 0 bridgehead atoms. The Labute approximate surface area is 183 Å². The van der Waals surface area contributed by atoms with Crippen LogP contribution in [-0.4, -0.2) is 31.0 Å². The van der Waals surface area contributed by atoms with E-state index in [-0.39, 0.29) is 29.5 Å². The molecule has 9 nitrogen and oxygen atoms in total. The van der Waals surface area contributed by atoms with Crippen LogP contribution in [0, 0.1) is 10.1 Å². The zero-order valence-corrected chi connectivity index (χ0v) is 17.4. The van der Waals surface area contributed by atoms with Crippen molar-refractivity contribution in [1.82, 2.24) is 0 Å². The molecule has 0 aliphatic rings. The summed E-state index contributed by atoms with van der Waals surface area (Å²) >= 11 is 0. The van der Waals surface area contributed by atoms with E-state index in [0.29, 0.717) is 22.6 Å². The quantitative estimate of drug-likeness (QED) is 0.319. The fourth-order valence-electron chi connectivity index (χ4n) is 2.82. The van der Waals surface area contributed by atoms with Crippen molar-refractivity contribution in [2.45, 2.75) is 6.61 Å². The van der Waals surface area contributed by atoms with Crippen molar-refractivity contribution in [1.29, 1.82) is 0 Å². The number of carbonyl (C=O) groups excluding carboxylic acids is 2. The number of ether oxygens (including phenoxy) is 3. The number of amides is 1. The van der Waals surface area contributed by atoms with Gasteiger partial charge in [0.15, 0.2) is 5.75 Å². The maximum atomic E-state index is 12.4. The first-order chi connectivity index (χ1) is 15.4. The van der Waals surface area contributed by atoms with Gasteiger partial charge in [0.05, 0.1) is 24.7 Å². The van der Waals surface area contributed by atoms with Crippen molar-refractivity contribution in [3.05, 3.63) is 93.5 Å². The van der Waals surface area contributed by atoms with Gasteiger partial charge >= 0.3 is 11.7 Å². The maximum absolute atomic E-state index is 12.4. The van der Waals surface area contributed by atoms with Gasteiger partial charge in [-0.05, 0) is 54.1 Å². The molecule has 1 amide bonds. The molecular weight excluding hydrogens is 416 g/mol. The molecule has 0 aliphatic carbocycles. The monoisotopic (exact) mass is 436 g/mol. The zero-order valence-electron chi connectivity index (χ0n) is 17.4. The van der Waals surface area contributed by atoms with E-state index in [2.05, 4.69) is 10.1 Å². The van der Waals surface area contributed by atoms with Crippen LogP contribution in [0.1, 0.15) is 26.3 Å². The molecule has 0 heterocycles. The van der Waals surface area contributed by atoms with Gasteiger partial charge in [-0.2, -0.15) is 0 Å². The molecular formula is C23H20N2O7. The number of nitro groups is 1. The van der Waals surface area contributed by atoms with Crippen molar-refractivity contribution in [3.8, 4) is 11.5 Å². The van der Waals surface area contributed by atoms with Crippen molar-refractivity contribution in [2.24, 2.45) is 0 Å². The lowest BCUT2D eigenvalue weighted by Gasteiger charge is -2.09. The highest BCUT2D eigenvalue weighted by molar-refractivity contribution is 6.04. The largest absolute Gasteiger partial charge is 0.497 e. The number of benzene rings is 3. The molecule has 0 atom stereocenters. The molecule has 0 saturated carbocycles. The minimum absolute atomic E-state index is 0.0176. The van der Waals surface area contributed by atoms with Crippen molar-refractivity contribution in [3.63, 3.8) is 0 Å². The van der Waals surface area contributed by atoms with Crippen molar-refractivity contribution in [2.75, 3.05) is 19.5 Å². The molecule has 0 aromatic heterocycles. The molecule has 3 rings (SSSR count). The number of hydrogen-bond donors (Lipinski definition) is 1. The second-order valence-corrected chi connectivity index (χ2v) is 6.60. The van der Waals surface area contributed by atoms with Crippen molar-refractivity contribution < 1.29 is 28.7 Å². The minimum atomic E-state index is -0.678. The minimum Gasteiger partial charge on any atom is -0.497 e. The Hall–Kier alpha value is -4.40. The first kappa shape index (κ1) is 22.3. The van der Waals surface area contributed by atoms with Crippen LogP contribution < -0.4 is 14.8 Å². The molecule has 9 heteroatoms. The lowest BCUT2D eigenvalue weighted by Crippen LogP contribution is -2.11. The third-order valence-electron chi connectivity index (χ3n) is 4.54. The van der Waals surface area contributed by atoms with Gasteiger partial charge in [0.1, 0.15) is 12.4 Å². The van der Waals surface area contributed by atoms with Crippen LogP contribution in [0.3, 0.4) is 0 Å². The van der Waals surface area contributed by atoms with E-state index in [1.54, 1.807) is 55.6 Å². The van der Waals surface area contributed by atoms with Gasteiger partial charge in [-0.15, -0.1) is 0 Å². The SMILES string of the molecule is COC(=O)c1ccc(OCc2ccc(C(=O)Nc3ccc(OC)cc3)cc2)c([N+](=O)[O-])c1. The smallest absolute Gasteiger partial charge is 0.338 e. The summed E-state index contributed by atoms with van der Waals surface area (Å²) in [6.45, 7) is 0.0405. The number of esters is 1. The van der Waals surface area contributed by atoms with Crippen LogP contribution in [0.4, 0.5) is 11.4 Å². The molecule has 0 saturated heterocycles. The first-order valence-electron chi connectivity index (χ1n) is 9.45. The van der Waals surface area contributed by atoms with E-state index in [4.69, 9.17) is 9.47 Å². The number of nitro benzene ring substituents is 1. The van der Waals surface area contributed by atoms with Crippen LogP contribution in [0.15, 0.2) is 66.7 Å². The van der Waals surface area contributed by atoms with E-state index >= 15 is 0 Å². The molecule has 32 heavy (non-hydrogen) atoms. The van der Waals surface area contributed by atoms with Gasteiger partial charge in [-0.3, -0.25) is 14.9 Å². The molecule has 3 aromatic carbocycles. The Kier molecular flexibility index (Phi) is 7.02. The second-order valence-electron chi connectivity index (χ2n) is 6.60. The summed E-state index contributed by atoms with van der Waals surface area (Å²) < 4.78 is 15.2. The van der Waals surface area contributed by atoms with Crippen LogP contribution in [-0.2, 0) is 11.3 Å². The van der Waals surface area contributed by atoms with E-state index < -0.39 is 10.9 Å². The normalized spacial score (nSPS) is 10.2. The molecule has 0 fully saturated rings. The summed E-state index contributed by atoms with van der Waals surface area (Å²) in [5, 5.41) is 14.1. The van der Waals surface area contributed by atoms with Crippen LogP contribution in [0.25, 0.3) is 0 Å².